The van der Waals surface area contributed by atoms with E-state index in [1.165, 1.54) is 8.61 Å². The molecule has 0 amide bonds. The van der Waals surface area contributed by atoms with Gasteiger partial charge in [0.25, 0.3) is 10.2 Å². The smallest absolute Gasteiger partial charge is 0.427 e. The number of carbonyl (C=O) groups excluding carboxylic acids is 1. The van der Waals surface area contributed by atoms with E-state index in [1.54, 1.807) is 0 Å². The van der Waals surface area contributed by atoms with Crippen molar-refractivity contribution < 1.29 is 23.3 Å². The normalized spacial score (nSPS) is 28.5. The van der Waals surface area contributed by atoms with Crippen LogP contribution in [0.15, 0.2) is 0 Å². The predicted octanol–water partition coefficient (Wildman–Crippen LogP) is -2.01. The lowest BCUT2D eigenvalue weighted by molar-refractivity contribution is -0.113. The molecular weight excluding hydrogens is 347 g/mol. The summed E-state index contributed by atoms with van der Waals surface area (Å²) in [6, 6.07) is -0.277. The Morgan fingerprint density at radius 3 is 2.52 bits per heavy atom. The van der Waals surface area contributed by atoms with E-state index in [2.05, 4.69) is 5.32 Å². The average molecular weight is 376 g/mol. The van der Waals surface area contributed by atoms with Crippen LogP contribution in [-0.4, -0.2) is 84.3 Å². The van der Waals surface area contributed by atoms with Crippen LogP contribution in [0.1, 0.15) is 26.7 Å². The van der Waals surface area contributed by atoms with E-state index in [4.69, 9.17) is 15.8 Å². The molecule has 0 aliphatic carbocycles. The molecule has 2 fully saturated rings. The van der Waals surface area contributed by atoms with E-state index in [1.807, 2.05) is 13.8 Å². The van der Waals surface area contributed by atoms with Gasteiger partial charge in [0.2, 0.25) is 0 Å². The number of carbonyl (C=O) groups is 1. The molecule has 0 unspecified atom stereocenters. The van der Waals surface area contributed by atoms with Crippen LogP contribution in [0.5, 0.6) is 0 Å². The van der Waals surface area contributed by atoms with Crippen molar-refractivity contribution in [1.29, 1.82) is 0 Å². The van der Waals surface area contributed by atoms with E-state index < -0.39 is 22.9 Å². The molecule has 0 aromatic rings. The Morgan fingerprint density at radius 1 is 1.44 bits per heavy atom. The number of aldehydes is 1. The van der Waals surface area contributed by atoms with Crippen LogP contribution in [-0.2, 0) is 15.0 Å². The summed E-state index contributed by atoms with van der Waals surface area (Å²) in [5, 5.41) is 21.0. The maximum absolute atomic E-state index is 13.1. The minimum atomic E-state index is -3.73. The molecule has 9 nitrogen and oxygen atoms in total. The molecule has 0 radical (unpaired) electrons. The molecular formula is C14H29BN4O5S. The fraction of sp³-hybridized carbons (Fsp3) is 0.929. The van der Waals surface area contributed by atoms with Crippen molar-refractivity contribution in [3.63, 3.8) is 0 Å². The molecule has 0 saturated carbocycles. The molecule has 0 aromatic heterocycles. The zero-order valence-corrected chi connectivity index (χ0v) is 15.7. The Morgan fingerprint density at radius 2 is 2.08 bits per heavy atom. The first-order valence-corrected chi connectivity index (χ1v) is 10.1. The third kappa shape index (κ3) is 4.41. The van der Waals surface area contributed by atoms with Crippen LogP contribution in [0.4, 0.5) is 0 Å². The maximum atomic E-state index is 13.1. The number of hydrogen-bond donors (Lipinski definition) is 4. The van der Waals surface area contributed by atoms with Crippen LogP contribution >= 0.6 is 0 Å². The van der Waals surface area contributed by atoms with Gasteiger partial charge in [0.15, 0.2) is 0 Å². The summed E-state index contributed by atoms with van der Waals surface area (Å²) in [6.45, 7) is 5.02. The zero-order valence-electron chi connectivity index (χ0n) is 14.8. The number of nitrogens with zero attached hydrogens (tertiary/aromatic N) is 2. The summed E-state index contributed by atoms with van der Waals surface area (Å²) in [5.41, 5.74) is 4.93. The van der Waals surface area contributed by atoms with Crippen molar-refractivity contribution in [2.75, 3.05) is 26.2 Å². The Bertz CT molecular complexity index is 572. The molecule has 25 heavy (non-hydrogen) atoms. The summed E-state index contributed by atoms with van der Waals surface area (Å²) in [6.07, 6.45) is 1.73. The summed E-state index contributed by atoms with van der Waals surface area (Å²) < 4.78 is 29.0. The molecule has 2 rings (SSSR count). The molecule has 2 heterocycles. The van der Waals surface area contributed by atoms with Gasteiger partial charge in [-0.2, -0.15) is 17.0 Å². The van der Waals surface area contributed by atoms with Crippen molar-refractivity contribution in [3.8, 4) is 0 Å². The number of hydrogen-bond acceptors (Lipinski definition) is 7. The second-order valence-corrected chi connectivity index (χ2v) is 9.21. The van der Waals surface area contributed by atoms with Gasteiger partial charge in [0, 0.05) is 32.2 Å². The number of rotatable bonds is 9. The monoisotopic (exact) mass is 376 g/mol. The molecule has 11 heteroatoms. The topological polar surface area (TPSA) is 136 Å². The van der Waals surface area contributed by atoms with Crippen molar-refractivity contribution in [2.45, 2.75) is 50.6 Å². The van der Waals surface area contributed by atoms with E-state index in [9.17, 15) is 13.2 Å². The van der Waals surface area contributed by atoms with Crippen molar-refractivity contribution in [2.24, 2.45) is 11.7 Å². The minimum Gasteiger partial charge on any atom is -0.427 e. The Balaban J connectivity index is 2.14. The van der Waals surface area contributed by atoms with E-state index in [0.717, 1.165) is 0 Å². The van der Waals surface area contributed by atoms with Crippen molar-refractivity contribution in [3.05, 3.63) is 0 Å². The van der Waals surface area contributed by atoms with Crippen LogP contribution in [0, 0.1) is 5.92 Å². The first-order chi connectivity index (χ1) is 11.6. The van der Waals surface area contributed by atoms with Gasteiger partial charge < -0.3 is 25.9 Å². The Labute approximate surface area is 149 Å². The van der Waals surface area contributed by atoms with Gasteiger partial charge in [-0.15, -0.1) is 0 Å². The van der Waals surface area contributed by atoms with E-state index >= 15 is 0 Å². The standard InChI is InChI=1S/C14H29BN4O5S/c1-11(2)19(13-6-17-7-13)25(23,24)18-8-12(4-3-5-15(21)22)14(16,9-18)10-20/h10-13,17,21-22H,3-9,16H2,1-2H3/t12-,14+/m0/s1. The molecule has 2 aliphatic rings. The van der Waals surface area contributed by atoms with Gasteiger partial charge in [-0.25, -0.2) is 0 Å². The molecule has 0 spiro atoms. The minimum absolute atomic E-state index is 0.0471. The van der Waals surface area contributed by atoms with E-state index in [0.29, 0.717) is 32.2 Å². The highest BCUT2D eigenvalue weighted by molar-refractivity contribution is 7.86. The van der Waals surface area contributed by atoms with Gasteiger partial charge >= 0.3 is 7.12 Å². The lowest BCUT2D eigenvalue weighted by Gasteiger charge is -2.41. The number of nitrogens with one attached hydrogen (secondary N) is 1. The molecule has 5 N–H and O–H groups in total. The molecule has 0 bridgehead atoms. The zero-order chi connectivity index (χ0) is 18.8. The Hall–Kier alpha value is -0.555. The predicted molar refractivity (Wildman–Crippen MR) is 94.8 cm³/mol. The summed E-state index contributed by atoms with van der Waals surface area (Å²) in [4.78, 5) is 11.5. The lowest BCUT2D eigenvalue weighted by atomic mass is 9.79. The van der Waals surface area contributed by atoms with Gasteiger partial charge in [0.05, 0.1) is 11.6 Å². The maximum Gasteiger partial charge on any atom is 0.451 e. The van der Waals surface area contributed by atoms with Crippen LogP contribution < -0.4 is 11.1 Å². The first-order valence-electron chi connectivity index (χ1n) is 8.72. The largest absolute Gasteiger partial charge is 0.451 e. The van der Waals surface area contributed by atoms with Gasteiger partial charge in [-0.1, -0.05) is 6.42 Å². The van der Waals surface area contributed by atoms with Crippen molar-refractivity contribution in [1.82, 2.24) is 13.9 Å². The van der Waals surface area contributed by atoms with E-state index in [-0.39, 0.29) is 37.4 Å². The molecule has 2 atom stereocenters. The fourth-order valence-corrected chi connectivity index (χ4v) is 5.67. The lowest BCUT2D eigenvalue weighted by Crippen LogP contribution is -2.63. The van der Waals surface area contributed by atoms with Crippen LogP contribution in [0.3, 0.4) is 0 Å². The van der Waals surface area contributed by atoms with Crippen LogP contribution in [0.2, 0.25) is 6.32 Å². The third-order valence-corrected chi connectivity index (χ3v) is 7.27. The first kappa shape index (κ1) is 20.8. The quantitative estimate of drug-likeness (QED) is 0.270. The summed E-state index contributed by atoms with van der Waals surface area (Å²) in [7, 11) is -5.14. The van der Waals surface area contributed by atoms with Gasteiger partial charge in [-0.05, 0) is 32.5 Å². The summed E-state index contributed by atoms with van der Waals surface area (Å²) in [5.74, 6) is -0.341. The highest BCUT2D eigenvalue weighted by atomic mass is 32.2. The van der Waals surface area contributed by atoms with Gasteiger partial charge in [0.1, 0.15) is 6.29 Å². The molecule has 2 aliphatic heterocycles. The van der Waals surface area contributed by atoms with Crippen molar-refractivity contribution >= 4 is 23.6 Å². The van der Waals surface area contributed by atoms with Gasteiger partial charge in [-0.3, -0.25) is 0 Å². The third-order valence-electron chi connectivity index (χ3n) is 5.09. The molecule has 2 saturated heterocycles. The highest BCUT2D eigenvalue weighted by Crippen LogP contribution is 2.32. The summed E-state index contributed by atoms with van der Waals surface area (Å²) >= 11 is 0. The SMILES string of the molecule is CC(C)N(C1CNC1)S(=O)(=O)N1C[C@H](CCCB(O)O)[C@](N)(C=O)C1. The van der Waals surface area contributed by atoms with Crippen LogP contribution in [0.25, 0.3) is 0 Å². The molecule has 144 valence electrons. The fourth-order valence-electron chi connectivity index (χ4n) is 3.59. The second kappa shape index (κ2) is 7.99. The number of nitrogens with two attached hydrogens (primary N) is 1. The average Bonchev–Trinajstić information content (AvgIpc) is 2.80. The second-order valence-electron chi connectivity index (χ2n) is 7.37. The Kier molecular flexibility index (Phi) is 6.63. The highest BCUT2D eigenvalue weighted by Gasteiger charge is 2.50. The molecule has 0 aromatic carbocycles.